The molecule has 6 heteroatoms. The molecule has 0 atom stereocenters. The van der Waals surface area contributed by atoms with Gasteiger partial charge in [-0.15, -0.1) is 0 Å². The van der Waals surface area contributed by atoms with E-state index in [4.69, 9.17) is 4.74 Å². The number of anilines is 3. The third-order valence-electron chi connectivity index (χ3n) is 5.13. The number of ether oxygens (including phenoxy) is 1. The number of amides is 2. The van der Waals surface area contributed by atoms with E-state index in [1.807, 2.05) is 61.5 Å². The van der Waals surface area contributed by atoms with E-state index in [-0.39, 0.29) is 11.3 Å². The van der Waals surface area contributed by atoms with E-state index in [1.165, 1.54) is 4.90 Å². The third-order valence-corrected chi connectivity index (χ3v) is 5.13. The molecule has 31 heavy (non-hydrogen) atoms. The maximum atomic E-state index is 13.5. The van der Waals surface area contributed by atoms with Crippen molar-refractivity contribution in [3.63, 3.8) is 0 Å². The Morgan fingerprint density at radius 2 is 1.45 bits per heavy atom. The number of nitrogens with one attached hydrogen (secondary N) is 1. The molecule has 1 N–H and O–H groups in total. The Balaban J connectivity index is 1.82. The van der Waals surface area contributed by atoms with Gasteiger partial charge in [0.25, 0.3) is 11.8 Å². The fourth-order valence-corrected chi connectivity index (χ4v) is 3.55. The Morgan fingerprint density at radius 3 is 2.10 bits per heavy atom. The number of hydrogen-bond acceptors (Lipinski definition) is 5. The number of imide groups is 1. The highest BCUT2D eigenvalue weighted by molar-refractivity contribution is 6.46. The summed E-state index contributed by atoms with van der Waals surface area (Å²) in [6.45, 7) is 0. The minimum atomic E-state index is -0.409. The van der Waals surface area contributed by atoms with E-state index in [9.17, 15) is 9.59 Å². The minimum absolute atomic E-state index is 0.218. The monoisotopic (exact) mass is 413 g/mol. The molecule has 1 aliphatic heterocycles. The van der Waals surface area contributed by atoms with Crippen molar-refractivity contribution in [1.82, 2.24) is 0 Å². The lowest BCUT2D eigenvalue weighted by Gasteiger charge is -2.16. The van der Waals surface area contributed by atoms with Gasteiger partial charge in [0.05, 0.1) is 18.4 Å². The van der Waals surface area contributed by atoms with Gasteiger partial charge in [-0.2, -0.15) is 0 Å². The Hall–Kier alpha value is -4.06. The molecule has 4 rings (SSSR count). The normalized spacial score (nSPS) is 13.6. The molecule has 0 radical (unpaired) electrons. The summed E-state index contributed by atoms with van der Waals surface area (Å²) in [5, 5.41) is 3.18. The number of rotatable bonds is 6. The number of nitrogens with zero attached hydrogens (tertiary/aromatic N) is 2. The summed E-state index contributed by atoms with van der Waals surface area (Å²) in [5.41, 5.74) is 3.33. The van der Waals surface area contributed by atoms with E-state index in [1.54, 1.807) is 43.5 Å². The first-order valence-corrected chi connectivity index (χ1v) is 9.87. The molecule has 0 bridgehead atoms. The highest BCUT2D eigenvalue weighted by Crippen LogP contribution is 2.37. The van der Waals surface area contributed by atoms with Gasteiger partial charge >= 0.3 is 0 Å². The van der Waals surface area contributed by atoms with Gasteiger partial charge in [0.15, 0.2) is 0 Å². The second-order valence-corrected chi connectivity index (χ2v) is 7.30. The minimum Gasteiger partial charge on any atom is -0.496 e. The number of carbonyl (C=O) groups excluding carboxylic acids is 2. The smallest absolute Gasteiger partial charge is 0.282 e. The summed E-state index contributed by atoms with van der Waals surface area (Å²) in [7, 11) is 5.46. The fourth-order valence-electron chi connectivity index (χ4n) is 3.55. The van der Waals surface area contributed by atoms with Crippen LogP contribution in [0.5, 0.6) is 5.75 Å². The summed E-state index contributed by atoms with van der Waals surface area (Å²) in [5.74, 6) is -0.280. The summed E-state index contributed by atoms with van der Waals surface area (Å²) < 4.78 is 5.47. The van der Waals surface area contributed by atoms with Gasteiger partial charge in [-0.05, 0) is 42.5 Å². The highest BCUT2D eigenvalue weighted by Gasteiger charge is 2.41. The topological polar surface area (TPSA) is 61.9 Å². The predicted octanol–water partition coefficient (Wildman–Crippen LogP) is 4.16. The van der Waals surface area contributed by atoms with Gasteiger partial charge < -0.3 is 15.0 Å². The Kier molecular flexibility index (Phi) is 5.45. The Morgan fingerprint density at radius 1 is 0.806 bits per heavy atom. The van der Waals surface area contributed by atoms with Crippen molar-refractivity contribution in [3.05, 3.63) is 90.1 Å². The summed E-state index contributed by atoms with van der Waals surface area (Å²) in [6, 6.07) is 23.8. The molecule has 156 valence electrons. The first-order valence-electron chi connectivity index (χ1n) is 9.87. The number of benzene rings is 3. The molecule has 6 nitrogen and oxygen atoms in total. The molecule has 3 aromatic carbocycles. The third kappa shape index (κ3) is 3.75. The zero-order chi connectivity index (χ0) is 22.0. The second kappa shape index (κ2) is 8.36. The van der Waals surface area contributed by atoms with Crippen LogP contribution < -0.4 is 19.9 Å². The van der Waals surface area contributed by atoms with E-state index >= 15 is 0 Å². The number of para-hydroxylation sites is 2. The second-order valence-electron chi connectivity index (χ2n) is 7.30. The SMILES string of the molecule is COc1ccccc1C1=C(Nc2ccc(N(C)C)cc2)C(=O)N(c2ccccc2)C1=O. The first-order chi connectivity index (χ1) is 15.0. The molecule has 0 saturated carbocycles. The van der Waals surface area contributed by atoms with Crippen molar-refractivity contribution in [2.45, 2.75) is 0 Å². The molecule has 3 aromatic rings. The van der Waals surface area contributed by atoms with Crippen LogP contribution >= 0.6 is 0 Å². The van der Waals surface area contributed by atoms with Gasteiger partial charge in [0.1, 0.15) is 11.4 Å². The average Bonchev–Trinajstić information content (AvgIpc) is 3.03. The largest absolute Gasteiger partial charge is 0.496 e. The maximum absolute atomic E-state index is 13.5. The summed E-state index contributed by atoms with van der Waals surface area (Å²) in [4.78, 5) is 30.1. The van der Waals surface area contributed by atoms with Crippen LogP contribution in [-0.4, -0.2) is 33.0 Å². The van der Waals surface area contributed by atoms with Crippen molar-refractivity contribution >= 4 is 34.4 Å². The van der Waals surface area contributed by atoms with Crippen LogP contribution in [0.1, 0.15) is 5.56 Å². The van der Waals surface area contributed by atoms with Crippen molar-refractivity contribution in [2.24, 2.45) is 0 Å². The quantitative estimate of drug-likeness (QED) is 0.615. The zero-order valence-corrected chi connectivity index (χ0v) is 17.6. The van der Waals surface area contributed by atoms with Crippen molar-refractivity contribution in [3.8, 4) is 5.75 Å². The lowest BCUT2D eigenvalue weighted by molar-refractivity contribution is -0.120. The summed E-state index contributed by atoms with van der Waals surface area (Å²) in [6.07, 6.45) is 0. The average molecular weight is 413 g/mol. The molecular formula is C25H23N3O3. The molecule has 0 aromatic heterocycles. The van der Waals surface area contributed by atoms with Gasteiger partial charge in [-0.1, -0.05) is 36.4 Å². The number of methoxy groups -OCH3 is 1. The molecular weight excluding hydrogens is 390 g/mol. The van der Waals surface area contributed by atoms with E-state index < -0.39 is 11.8 Å². The van der Waals surface area contributed by atoms with Crippen LogP contribution in [0.15, 0.2) is 84.6 Å². The van der Waals surface area contributed by atoms with Crippen LogP contribution in [0.25, 0.3) is 5.57 Å². The molecule has 0 aliphatic carbocycles. The molecule has 0 unspecified atom stereocenters. The fraction of sp³-hybridized carbons (Fsp3) is 0.120. The van der Waals surface area contributed by atoms with Crippen LogP contribution in [0.4, 0.5) is 17.1 Å². The van der Waals surface area contributed by atoms with Gasteiger partial charge in [-0.25, -0.2) is 4.90 Å². The molecule has 0 saturated heterocycles. The lowest BCUT2D eigenvalue weighted by Crippen LogP contribution is -2.32. The first kappa shape index (κ1) is 20.2. The Bertz CT molecular complexity index is 1150. The number of hydrogen-bond donors (Lipinski definition) is 1. The zero-order valence-electron chi connectivity index (χ0n) is 17.6. The van der Waals surface area contributed by atoms with Crippen molar-refractivity contribution in [2.75, 3.05) is 36.3 Å². The van der Waals surface area contributed by atoms with E-state index in [2.05, 4.69) is 5.32 Å². The molecule has 0 fully saturated rings. The molecule has 1 aliphatic rings. The van der Waals surface area contributed by atoms with Crippen molar-refractivity contribution in [1.29, 1.82) is 0 Å². The summed E-state index contributed by atoms with van der Waals surface area (Å²) >= 11 is 0. The number of carbonyl (C=O) groups is 2. The van der Waals surface area contributed by atoms with E-state index in [0.29, 0.717) is 22.7 Å². The van der Waals surface area contributed by atoms with Gasteiger partial charge in [0.2, 0.25) is 0 Å². The van der Waals surface area contributed by atoms with Gasteiger partial charge in [-0.3, -0.25) is 9.59 Å². The van der Waals surface area contributed by atoms with Gasteiger partial charge in [0, 0.05) is 31.0 Å². The predicted molar refractivity (Wildman–Crippen MR) is 123 cm³/mol. The van der Waals surface area contributed by atoms with Crippen molar-refractivity contribution < 1.29 is 14.3 Å². The highest BCUT2D eigenvalue weighted by atomic mass is 16.5. The van der Waals surface area contributed by atoms with Crippen LogP contribution in [0.3, 0.4) is 0 Å². The lowest BCUT2D eigenvalue weighted by atomic mass is 10.0. The van der Waals surface area contributed by atoms with E-state index in [0.717, 1.165) is 5.69 Å². The Labute approximate surface area is 181 Å². The maximum Gasteiger partial charge on any atom is 0.282 e. The molecule has 0 spiro atoms. The standard InChI is InChI=1S/C25H23N3O3/c1-27(2)18-15-13-17(14-16-18)26-23-22(20-11-7-8-12-21(20)31-3)24(29)28(25(23)30)19-9-5-4-6-10-19/h4-16,26H,1-3H3. The van der Waals surface area contributed by atoms with Crippen LogP contribution in [0.2, 0.25) is 0 Å². The van der Waals surface area contributed by atoms with Crippen LogP contribution in [0, 0.1) is 0 Å². The molecule has 1 heterocycles. The molecule has 2 amide bonds. The van der Waals surface area contributed by atoms with Crippen LogP contribution in [-0.2, 0) is 9.59 Å².